The molecule has 0 atom stereocenters. The Morgan fingerprint density at radius 1 is 1.28 bits per heavy atom. The molecule has 0 unspecified atom stereocenters. The monoisotopic (exact) mass is 344 g/mol. The largest absolute Gasteiger partial charge is 0.462 e. The first-order valence-corrected chi connectivity index (χ1v) is 8.24. The van der Waals surface area contributed by atoms with Gasteiger partial charge in [0.25, 0.3) is 0 Å². The minimum Gasteiger partial charge on any atom is -0.462 e. The Kier molecular flexibility index (Phi) is 5.80. The Hall–Kier alpha value is -2.83. The third-order valence-electron chi connectivity index (χ3n) is 3.99. The summed E-state index contributed by atoms with van der Waals surface area (Å²) in [7, 11) is 1.77. The molecule has 2 aromatic rings. The minimum atomic E-state index is -0.375. The van der Waals surface area contributed by atoms with Gasteiger partial charge in [0.05, 0.1) is 12.2 Å². The molecule has 2 heterocycles. The Labute approximate surface area is 147 Å². The maximum Gasteiger partial charge on any atom is 0.340 e. The van der Waals surface area contributed by atoms with Crippen molar-refractivity contribution in [2.45, 2.75) is 34.2 Å². The van der Waals surface area contributed by atoms with Crippen LogP contribution >= 0.6 is 0 Å². The molecule has 0 aliphatic rings. The summed E-state index contributed by atoms with van der Waals surface area (Å²) >= 11 is 0. The molecule has 1 amide bonds. The predicted molar refractivity (Wildman–Crippen MR) is 96.4 cm³/mol. The molecule has 1 N–H and O–H groups in total. The lowest BCUT2D eigenvalue weighted by Gasteiger charge is -2.05. The van der Waals surface area contributed by atoms with Crippen LogP contribution in [0, 0.1) is 13.8 Å². The highest BCUT2D eigenvalue weighted by atomic mass is 16.5. The van der Waals surface area contributed by atoms with Crippen LogP contribution in [0.1, 0.15) is 41.2 Å². The normalized spacial score (nSPS) is 11.1. The molecular weight excluding hydrogens is 320 g/mol. The second-order valence-electron chi connectivity index (χ2n) is 5.62. The lowest BCUT2D eigenvalue weighted by molar-refractivity contribution is -0.111. The molecule has 25 heavy (non-hydrogen) atoms. The van der Waals surface area contributed by atoms with E-state index in [0.717, 1.165) is 17.9 Å². The van der Waals surface area contributed by atoms with Crippen molar-refractivity contribution < 1.29 is 14.3 Å². The van der Waals surface area contributed by atoms with E-state index in [1.165, 1.54) is 6.08 Å². The quantitative estimate of drug-likeness (QED) is 0.645. The van der Waals surface area contributed by atoms with Gasteiger partial charge in [-0.1, -0.05) is 0 Å². The molecule has 0 saturated carbocycles. The first-order valence-electron chi connectivity index (χ1n) is 8.24. The summed E-state index contributed by atoms with van der Waals surface area (Å²) in [6, 6.07) is 1.71. The number of anilines is 1. The van der Waals surface area contributed by atoms with E-state index in [0.29, 0.717) is 23.6 Å². The molecule has 0 fully saturated rings. The Morgan fingerprint density at radius 3 is 2.56 bits per heavy atom. The number of carbonyl (C=O) groups is 2. The fourth-order valence-electron chi connectivity index (χ4n) is 2.86. The van der Waals surface area contributed by atoms with Crippen LogP contribution in [0.15, 0.2) is 18.3 Å². The zero-order valence-electron chi connectivity index (χ0n) is 15.3. The lowest BCUT2D eigenvalue weighted by Crippen LogP contribution is -2.09. The van der Waals surface area contributed by atoms with E-state index < -0.39 is 0 Å². The van der Waals surface area contributed by atoms with Crippen LogP contribution in [0.5, 0.6) is 0 Å². The zero-order valence-corrected chi connectivity index (χ0v) is 15.3. The summed E-state index contributed by atoms with van der Waals surface area (Å²) in [6.07, 6.45) is 4.80. The van der Waals surface area contributed by atoms with Gasteiger partial charge in [0.1, 0.15) is 0 Å². The van der Waals surface area contributed by atoms with Crippen molar-refractivity contribution in [2.24, 2.45) is 7.05 Å². The van der Waals surface area contributed by atoms with Gasteiger partial charge in [-0.2, -0.15) is 5.10 Å². The van der Waals surface area contributed by atoms with Crippen molar-refractivity contribution in [1.29, 1.82) is 0 Å². The minimum absolute atomic E-state index is 0.304. The third-order valence-corrected chi connectivity index (χ3v) is 3.99. The summed E-state index contributed by atoms with van der Waals surface area (Å²) in [6.45, 7) is 8.63. The molecule has 0 bridgehead atoms. The molecule has 2 rings (SSSR count). The number of aromatic nitrogens is 3. The maximum absolute atomic E-state index is 12.3. The first-order chi connectivity index (χ1) is 11.9. The number of hydrogen-bond donors (Lipinski definition) is 1. The number of esters is 1. The van der Waals surface area contributed by atoms with E-state index in [1.54, 1.807) is 37.0 Å². The molecule has 134 valence electrons. The number of nitrogens with zero attached hydrogens (tertiary/aromatic N) is 3. The van der Waals surface area contributed by atoms with Crippen LogP contribution in [0.25, 0.3) is 6.08 Å². The van der Waals surface area contributed by atoms with Gasteiger partial charge >= 0.3 is 5.97 Å². The van der Waals surface area contributed by atoms with E-state index in [9.17, 15) is 9.59 Å². The van der Waals surface area contributed by atoms with Crippen LogP contribution in [-0.4, -0.2) is 32.8 Å². The van der Waals surface area contributed by atoms with Crippen molar-refractivity contribution in [3.63, 3.8) is 0 Å². The fraction of sp³-hybridized carbons (Fsp3) is 0.389. The molecule has 2 aromatic heterocycles. The second-order valence-corrected chi connectivity index (χ2v) is 5.62. The molecule has 0 spiro atoms. The smallest absolute Gasteiger partial charge is 0.340 e. The van der Waals surface area contributed by atoms with Gasteiger partial charge in [-0.15, -0.1) is 0 Å². The predicted octanol–water partition coefficient (Wildman–Crippen LogP) is 2.69. The van der Waals surface area contributed by atoms with Gasteiger partial charge in [0.15, 0.2) is 5.82 Å². The highest BCUT2D eigenvalue weighted by molar-refractivity contribution is 6.03. The molecule has 0 radical (unpaired) electrons. The first kappa shape index (κ1) is 18.5. The Bertz CT molecular complexity index is 815. The third kappa shape index (κ3) is 3.99. The Balaban J connectivity index is 2.30. The van der Waals surface area contributed by atoms with Crippen LogP contribution < -0.4 is 5.32 Å². The molecule has 0 aromatic carbocycles. The van der Waals surface area contributed by atoms with E-state index >= 15 is 0 Å². The summed E-state index contributed by atoms with van der Waals surface area (Å²) in [5, 5.41) is 6.78. The molecule has 0 saturated heterocycles. The van der Waals surface area contributed by atoms with Gasteiger partial charge < -0.3 is 14.6 Å². The SMILES string of the molecule is CCOC(=O)c1c(/C=C/C(=O)Nc2ccn(C)n2)c(C)n(CC)c1C. The van der Waals surface area contributed by atoms with Crippen molar-refractivity contribution in [1.82, 2.24) is 14.3 Å². The molecule has 7 heteroatoms. The van der Waals surface area contributed by atoms with Crippen molar-refractivity contribution in [2.75, 3.05) is 11.9 Å². The number of rotatable bonds is 6. The van der Waals surface area contributed by atoms with E-state index in [4.69, 9.17) is 4.74 Å². The van der Waals surface area contributed by atoms with Crippen molar-refractivity contribution in [3.8, 4) is 0 Å². The lowest BCUT2D eigenvalue weighted by atomic mass is 10.1. The van der Waals surface area contributed by atoms with Gasteiger partial charge in [-0.05, 0) is 33.8 Å². The summed E-state index contributed by atoms with van der Waals surface area (Å²) < 4.78 is 8.80. The topological polar surface area (TPSA) is 78.2 Å². The number of aryl methyl sites for hydroxylation is 1. The van der Waals surface area contributed by atoms with Crippen LogP contribution in [0.3, 0.4) is 0 Å². The number of amides is 1. The molecule has 0 aliphatic heterocycles. The average molecular weight is 344 g/mol. The number of hydrogen-bond acceptors (Lipinski definition) is 4. The van der Waals surface area contributed by atoms with Crippen LogP contribution in [-0.2, 0) is 23.1 Å². The number of carbonyl (C=O) groups excluding carboxylic acids is 2. The molecule has 0 aliphatic carbocycles. The number of ether oxygens (including phenoxy) is 1. The highest BCUT2D eigenvalue weighted by Crippen LogP contribution is 2.25. The van der Waals surface area contributed by atoms with Gasteiger partial charge in [-0.25, -0.2) is 4.79 Å². The standard InChI is InChI=1S/C18H24N4O3/c1-6-22-12(3)14(17(13(22)4)18(24)25-7-2)8-9-16(23)19-15-10-11-21(5)20-15/h8-11H,6-7H2,1-5H3,(H,19,20,23)/b9-8+. The maximum atomic E-state index is 12.3. The number of nitrogens with one attached hydrogen (secondary N) is 1. The second kappa shape index (κ2) is 7.83. The summed E-state index contributed by atoms with van der Waals surface area (Å²) in [5.74, 6) is -0.211. The van der Waals surface area contributed by atoms with Crippen molar-refractivity contribution in [3.05, 3.63) is 40.9 Å². The van der Waals surface area contributed by atoms with Gasteiger partial charge in [0.2, 0.25) is 5.91 Å². The highest BCUT2D eigenvalue weighted by Gasteiger charge is 2.22. The Morgan fingerprint density at radius 2 is 2.00 bits per heavy atom. The van der Waals surface area contributed by atoms with Crippen molar-refractivity contribution >= 4 is 23.8 Å². The molecular formula is C18H24N4O3. The molecule has 7 nitrogen and oxygen atoms in total. The summed E-state index contributed by atoms with van der Waals surface area (Å²) in [4.78, 5) is 24.4. The van der Waals surface area contributed by atoms with Crippen LogP contribution in [0.2, 0.25) is 0 Å². The van der Waals surface area contributed by atoms with E-state index in [-0.39, 0.29) is 11.9 Å². The van der Waals surface area contributed by atoms with Gasteiger partial charge in [0, 0.05) is 48.9 Å². The van der Waals surface area contributed by atoms with E-state index in [2.05, 4.69) is 10.4 Å². The zero-order chi connectivity index (χ0) is 18.6. The fourth-order valence-corrected chi connectivity index (χ4v) is 2.86. The van der Waals surface area contributed by atoms with Gasteiger partial charge in [-0.3, -0.25) is 9.48 Å². The van der Waals surface area contributed by atoms with E-state index in [1.807, 2.05) is 25.3 Å². The average Bonchev–Trinajstić information content (AvgIpc) is 3.06. The summed E-state index contributed by atoms with van der Waals surface area (Å²) in [5.41, 5.74) is 2.96. The van der Waals surface area contributed by atoms with Crippen LogP contribution in [0.4, 0.5) is 5.82 Å².